The third-order valence-electron chi connectivity index (χ3n) is 1.37. The van der Waals surface area contributed by atoms with Gasteiger partial charge in [-0.3, -0.25) is 0 Å². The van der Waals surface area contributed by atoms with Crippen LogP contribution in [0, 0.1) is 29.1 Å². The Hall–Kier alpha value is -1.46. The lowest BCUT2D eigenvalue weighted by Crippen LogP contribution is -2.06. The van der Waals surface area contributed by atoms with Gasteiger partial charge in [0.05, 0.1) is 11.8 Å². The van der Waals surface area contributed by atoms with Crippen LogP contribution in [0.3, 0.4) is 0 Å². The number of hydrogen-bond acceptors (Lipinski definition) is 0. The zero-order valence-electron chi connectivity index (χ0n) is 5.91. The van der Waals surface area contributed by atoms with Crippen LogP contribution >= 0.6 is 0 Å². The standard InChI is InChI=1S/C7HF5N/c8-3-2(1-13)4(9)6(11)7(12)5(3)10/h1H. The summed E-state index contributed by atoms with van der Waals surface area (Å²) in [5, 5.41) is 8.18. The van der Waals surface area contributed by atoms with Gasteiger partial charge >= 0.3 is 0 Å². The van der Waals surface area contributed by atoms with E-state index < -0.39 is 34.6 Å². The molecule has 0 heterocycles. The van der Waals surface area contributed by atoms with Crippen LogP contribution < -0.4 is 5.41 Å². The summed E-state index contributed by atoms with van der Waals surface area (Å²) in [4.78, 5) is 0. The second-order valence-electron chi connectivity index (χ2n) is 2.11. The summed E-state index contributed by atoms with van der Waals surface area (Å²) in [6.07, 6.45) is -0.184. The van der Waals surface area contributed by atoms with E-state index >= 15 is 0 Å². The largest absolute Gasteiger partial charge is 0.203 e. The van der Waals surface area contributed by atoms with Gasteiger partial charge in [-0.05, 0) is 0 Å². The Morgan fingerprint density at radius 1 is 0.692 bits per heavy atom. The quantitative estimate of drug-likeness (QED) is 0.280. The average Bonchev–Trinajstić information content (AvgIpc) is 2.13. The van der Waals surface area contributed by atoms with Gasteiger partial charge in [0.25, 0.3) is 0 Å². The van der Waals surface area contributed by atoms with Crippen molar-refractivity contribution >= 4 is 6.21 Å². The van der Waals surface area contributed by atoms with Crippen molar-refractivity contribution in [2.24, 2.45) is 0 Å². The molecule has 0 aromatic heterocycles. The van der Waals surface area contributed by atoms with Crippen LogP contribution in [0.4, 0.5) is 22.0 Å². The van der Waals surface area contributed by atoms with Crippen LogP contribution in [0.25, 0.3) is 0 Å². The van der Waals surface area contributed by atoms with Gasteiger partial charge in [-0.15, -0.1) is 0 Å². The summed E-state index contributed by atoms with van der Waals surface area (Å²) >= 11 is 0. The smallest absolute Gasteiger partial charge is 0.200 e. The zero-order valence-corrected chi connectivity index (χ0v) is 5.91. The molecule has 6 heteroatoms. The molecule has 69 valence electrons. The minimum absolute atomic E-state index is 0.184. The van der Waals surface area contributed by atoms with Gasteiger partial charge in [0, 0.05) is 0 Å². The maximum absolute atomic E-state index is 12.5. The van der Waals surface area contributed by atoms with Gasteiger partial charge in [0.1, 0.15) is 0 Å². The topological polar surface area (TPSA) is 22.3 Å². The first-order valence-electron chi connectivity index (χ1n) is 2.99. The van der Waals surface area contributed by atoms with E-state index in [2.05, 4.69) is 0 Å². The first-order valence-corrected chi connectivity index (χ1v) is 2.99. The predicted octanol–water partition coefficient (Wildman–Crippen LogP) is 1.60. The van der Waals surface area contributed by atoms with Gasteiger partial charge in [-0.2, -0.15) is 5.41 Å². The molecule has 0 amide bonds. The fourth-order valence-corrected chi connectivity index (χ4v) is 0.735. The zero-order chi connectivity index (χ0) is 10.2. The summed E-state index contributed by atoms with van der Waals surface area (Å²) in [6, 6.07) is 0. The van der Waals surface area contributed by atoms with Crippen LogP contribution in [0.15, 0.2) is 0 Å². The van der Waals surface area contributed by atoms with Crippen molar-refractivity contribution in [3.05, 3.63) is 34.6 Å². The molecule has 0 saturated heterocycles. The minimum atomic E-state index is -2.25. The number of hydrogen-bond donors (Lipinski definition) is 0. The molecule has 0 N–H and O–H groups in total. The Morgan fingerprint density at radius 2 is 1.00 bits per heavy atom. The fourth-order valence-electron chi connectivity index (χ4n) is 0.735. The molecule has 1 aromatic rings. The van der Waals surface area contributed by atoms with Crippen LogP contribution in [-0.4, -0.2) is 6.21 Å². The predicted molar refractivity (Wildman–Crippen MR) is 33.5 cm³/mol. The van der Waals surface area contributed by atoms with Gasteiger partial charge < -0.3 is 0 Å². The Labute approximate surface area is 69.3 Å². The van der Waals surface area contributed by atoms with Crippen molar-refractivity contribution in [1.82, 2.24) is 5.41 Å². The highest BCUT2D eigenvalue weighted by Gasteiger charge is 2.24. The lowest BCUT2D eigenvalue weighted by Gasteiger charge is -2.02. The highest BCUT2D eigenvalue weighted by molar-refractivity contribution is 5.78. The minimum Gasteiger partial charge on any atom is -0.203 e. The Morgan fingerprint density at radius 3 is 1.31 bits per heavy atom. The molecule has 0 spiro atoms. The first-order chi connectivity index (χ1) is 6.00. The Balaban J connectivity index is 3.66. The van der Waals surface area contributed by atoms with Gasteiger partial charge in [0.15, 0.2) is 23.3 Å². The molecule has 0 aliphatic carbocycles. The van der Waals surface area contributed by atoms with Crippen molar-refractivity contribution in [2.45, 2.75) is 0 Å². The Kier molecular flexibility index (Phi) is 2.31. The van der Waals surface area contributed by atoms with Gasteiger partial charge in [0.2, 0.25) is 5.82 Å². The summed E-state index contributed by atoms with van der Waals surface area (Å²) in [5.41, 5.74) is -1.35. The molecule has 1 rings (SSSR count). The van der Waals surface area contributed by atoms with Crippen LogP contribution in [0.1, 0.15) is 5.56 Å². The van der Waals surface area contributed by atoms with Crippen molar-refractivity contribution in [1.29, 1.82) is 0 Å². The van der Waals surface area contributed by atoms with E-state index in [1.807, 2.05) is 0 Å². The van der Waals surface area contributed by atoms with Gasteiger partial charge in [-0.1, -0.05) is 0 Å². The van der Waals surface area contributed by atoms with E-state index in [0.717, 1.165) is 0 Å². The highest BCUT2D eigenvalue weighted by Crippen LogP contribution is 2.21. The molecule has 0 aliphatic rings. The van der Waals surface area contributed by atoms with Crippen molar-refractivity contribution in [3.63, 3.8) is 0 Å². The van der Waals surface area contributed by atoms with Crippen molar-refractivity contribution < 1.29 is 22.0 Å². The maximum atomic E-state index is 12.5. The molecule has 0 aliphatic heterocycles. The lowest BCUT2D eigenvalue weighted by molar-refractivity contribution is 0.377. The van der Waals surface area contributed by atoms with Crippen molar-refractivity contribution in [2.75, 3.05) is 0 Å². The molecule has 1 nitrogen and oxygen atoms in total. The van der Waals surface area contributed by atoms with Crippen LogP contribution in [-0.2, 0) is 0 Å². The molecule has 0 bridgehead atoms. The second kappa shape index (κ2) is 3.12. The molecular weight excluding hydrogens is 193 g/mol. The third kappa shape index (κ3) is 1.28. The van der Waals surface area contributed by atoms with E-state index in [0.29, 0.717) is 0 Å². The number of nitrogens with zero attached hydrogens (tertiary/aromatic N) is 1. The van der Waals surface area contributed by atoms with E-state index in [-0.39, 0.29) is 6.21 Å². The summed E-state index contributed by atoms with van der Waals surface area (Å²) in [7, 11) is 0. The summed E-state index contributed by atoms with van der Waals surface area (Å²) in [5.74, 6) is -10.5. The SMILES string of the molecule is [N]=Cc1c(F)c(F)c(F)c(F)c1F. The molecule has 0 fully saturated rings. The number of halogens is 5. The molecule has 0 atom stereocenters. The van der Waals surface area contributed by atoms with Crippen molar-refractivity contribution in [3.8, 4) is 0 Å². The maximum Gasteiger partial charge on any atom is 0.200 e. The van der Waals surface area contributed by atoms with E-state index in [4.69, 9.17) is 5.41 Å². The van der Waals surface area contributed by atoms with Gasteiger partial charge in [-0.25, -0.2) is 22.0 Å². The molecular formula is C7HF5N. The molecule has 13 heavy (non-hydrogen) atoms. The molecule has 1 radical (unpaired) electrons. The van der Waals surface area contributed by atoms with E-state index in [1.165, 1.54) is 0 Å². The normalized spacial score (nSPS) is 10.2. The molecule has 0 unspecified atom stereocenters. The number of benzene rings is 1. The number of rotatable bonds is 1. The first kappa shape index (κ1) is 9.63. The third-order valence-corrected chi connectivity index (χ3v) is 1.37. The van der Waals surface area contributed by atoms with Crippen LogP contribution in [0.2, 0.25) is 0 Å². The summed E-state index contributed by atoms with van der Waals surface area (Å²) in [6.45, 7) is 0. The summed E-state index contributed by atoms with van der Waals surface area (Å²) < 4.78 is 61.9. The Bertz CT molecular complexity index is 345. The monoisotopic (exact) mass is 194 g/mol. The lowest BCUT2D eigenvalue weighted by atomic mass is 10.2. The van der Waals surface area contributed by atoms with E-state index in [9.17, 15) is 22.0 Å². The van der Waals surface area contributed by atoms with E-state index in [1.54, 1.807) is 0 Å². The average molecular weight is 194 g/mol. The molecule has 1 aromatic carbocycles. The second-order valence-corrected chi connectivity index (χ2v) is 2.11. The van der Waals surface area contributed by atoms with Crippen LogP contribution in [0.5, 0.6) is 0 Å². The molecule has 0 saturated carbocycles. The fraction of sp³-hybridized carbons (Fsp3) is 0. The highest BCUT2D eigenvalue weighted by atomic mass is 19.2.